The first-order valence-corrected chi connectivity index (χ1v) is 9.37. The van der Waals surface area contributed by atoms with Crippen LogP contribution in [0.15, 0.2) is 42.5 Å². The van der Waals surface area contributed by atoms with Gasteiger partial charge in [-0.3, -0.25) is 4.90 Å². The minimum atomic E-state index is -4.35. The number of halogens is 3. The summed E-state index contributed by atoms with van der Waals surface area (Å²) in [7, 11) is 1.85. The molecule has 1 aliphatic rings. The lowest BCUT2D eigenvalue weighted by Crippen LogP contribution is -2.37. The lowest BCUT2D eigenvalue weighted by molar-refractivity contribution is -0.137. The van der Waals surface area contributed by atoms with Crippen LogP contribution in [0.2, 0.25) is 0 Å². The molecule has 1 aliphatic heterocycles. The van der Waals surface area contributed by atoms with Gasteiger partial charge in [0.25, 0.3) is 0 Å². The molecule has 1 heterocycles. The predicted octanol–water partition coefficient (Wildman–Crippen LogP) is 4.09. The third-order valence-corrected chi connectivity index (χ3v) is 4.72. The van der Waals surface area contributed by atoms with Gasteiger partial charge in [0.2, 0.25) is 0 Å². The molecule has 0 amide bonds. The number of rotatable bonds is 7. The molecule has 0 radical (unpaired) electrons. The number of hydrogen-bond donors (Lipinski definition) is 1. The highest BCUT2D eigenvalue weighted by Crippen LogP contribution is 2.32. The summed E-state index contributed by atoms with van der Waals surface area (Å²) in [6.45, 7) is 5.07. The van der Waals surface area contributed by atoms with Crippen LogP contribution in [0.3, 0.4) is 0 Å². The molecule has 28 heavy (non-hydrogen) atoms. The molecule has 0 bridgehead atoms. The maximum absolute atomic E-state index is 12.7. The number of ether oxygens (including phenoxy) is 2. The van der Waals surface area contributed by atoms with Gasteiger partial charge in [-0.1, -0.05) is 12.1 Å². The minimum Gasteiger partial charge on any atom is -0.457 e. The van der Waals surface area contributed by atoms with Gasteiger partial charge in [-0.15, -0.1) is 0 Å². The summed E-state index contributed by atoms with van der Waals surface area (Å²) in [6, 6.07) is 10.7. The molecule has 0 aliphatic carbocycles. The lowest BCUT2D eigenvalue weighted by atomic mass is 10.1. The second-order valence-corrected chi connectivity index (χ2v) is 6.80. The Labute approximate surface area is 163 Å². The molecular weight excluding hydrogens is 369 g/mol. The average molecular weight is 394 g/mol. The highest BCUT2D eigenvalue weighted by Gasteiger charge is 2.30. The van der Waals surface area contributed by atoms with Gasteiger partial charge in [0.15, 0.2) is 0 Å². The topological polar surface area (TPSA) is 33.7 Å². The van der Waals surface area contributed by atoms with E-state index in [0.717, 1.165) is 57.0 Å². The summed E-state index contributed by atoms with van der Waals surface area (Å²) >= 11 is 0. The minimum absolute atomic E-state index is 0.381. The van der Waals surface area contributed by atoms with Crippen LogP contribution >= 0.6 is 0 Å². The van der Waals surface area contributed by atoms with E-state index in [9.17, 15) is 13.2 Å². The van der Waals surface area contributed by atoms with E-state index in [1.54, 1.807) is 0 Å². The fourth-order valence-corrected chi connectivity index (χ4v) is 3.17. The van der Waals surface area contributed by atoms with Crippen LogP contribution in [-0.2, 0) is 23.9 Å². The molecule has 0 saturated carbocycles. The zero-order chi connectivity index (χ0) is 20.0. The third kappa shape index (κ3) is 5.70. The Bertz CT molecular complexity index is 757. The Morgan fingerprint density at radius 3 is 2.43 bits per heavy atom. The van der Waals surface area contributed by atoms with E-state index < -0.39 is 11.7 Å². The quantitative estimate of drug-likeness (QED) is 0.767. The lowest BCUT2D eigenvalue weighted by Gasteiger charge is -2.26. The molecule has 2 aromatic rings. The smallest absolute Gasteiger partial charge is 0.416 e. The van der Waals surface area contributed by atoms with Gasteiger partial charge >= 0.3 is 6.18 Å². The van der Waals surface area contributed by atoms with Crippen molar-refractivity contribution in [2.75, 3.05) is 39.9 Å². The van der Waals surface area contributed by atoms with E-state index in [2.05, 4.69) is 16.3 Å². The van der Waals surface area contributed by atoms with Gasteiger partial charge in [-0.05, 0) is 49.4 Å². The van der Waals surface area contributed by atoms with E-state index >= 15 is 0 Å². The second kappa shape index (κ2) is 9.41. The SMILES string of the molecule is CNCc1cc(CCN2CCOCC2)ccc1Oc1ccc(C(F)(F)F)cc1. The Balaban J connectivity index is 1.68. The maximum atomic E-state index is 12.7. The fourth-order valence-electron chi connectivity index (χ4n) is 3.17. The first-order chi connectivity index (χ1) is 13.5. The highest BCUT2D eigenvalue weighted by atomic mass is 19.4. The summed E-state index contributed by atoms with van der Waals surface area (Å²) in [6.07, 6.45) is -3.42. The number of nitrogens with zero attached hydrogens (tertiary/aromatic N) is 1. The molecule has 0 unspecified atom stereocenters. The average Bonchev–Trinajstić information content (AvgIpc) is 2.69. The van der Waals surface area contributed by atoms with Gasteiger partial charge in [0.1, 0.15) is 11.5 Å². The van der Waals surface area contributed by atoms with Gasteiger partial charge in [-0.2, -0.15) is 13.2 Å². The molecule has 4 nitrogen and oxygen atoms in total. The van der Waals surface area contributed by atoms with Gasteiger partial charge in [-0.25, -0.2) is 0 Å². The summed E-state index contributed by atoms with van der Waals surface area (Å²) in [5, 5.41) is 3.12. The number of hydrogen-bond acceptors (Lipinski definition) is 4. The molecule has 0 atom stereocenters. The van der Waals surface area contributed by atoms with Crippen molar-refractivity contribution in [3.05, 3.63) is 59.2 Å². The normalized spacial score (nSPS) is 15.6. The molecule has 152 valence electrons. The highest BCUT2D eigenvalue weighted by molar-refractivity contribution is 5.41. The van der Waals surface area contributed by atoms with Crippen LogP contribution in [0.1, 0.15) is 16.7 Å². The number of morpholine rings is 1. The summed E-state index contributed by atoms with van der Waals surface area (Å²) < 4.78 is 49.3. The van der Waals surface area contributed by atoms with Crippen molar-refractivity contribution in [1.82, 2.24) is 10.2 Å². The Kier molecular flexibility index (Phi) is 6.93. The van der Waals surface area contributed by atoms with Crippen molar-refractivity contribution in [3.8, 4) is 11.5 Å². The molecule has 0 aromatic heterocycles. The monoisotopic (exact) mass is 394 g/mol. The van der Waals surface area contributed by atoms with Crippen molar-refractivity contribution in [2.24, 2.45) is 0 Å². The maximum Gasteiger partial charge on any atom is 0.416 e. The molecule has 7 heteroatoms. The molecule has 2 aromatic carbocycles. The Morgan fingerprint density at radius 2 is 1.79 bits per heavy atom. The van der Waals surface area contributed by atoms with E-state index in [4.69, 9.17) is 9.47 Å². The summed E-state index contributed by atoms with van der Waals surface area (Å²) in [4.78, 5) is 2.38. The molecular formula is C21H25F3N2O2. The number of nitrogens with one attached hydrogen (secondary N) is 1. The predicted molar refractivity (Wildman–Crippen MR) is 102 cm³/mol. The van der Waals surface area contributed by atoms with Crippen LogP contribution < -0.4 is 10.1 Å². The van der Waals surface area contributed by atoms with Crippen molar-refractivity contribution in [3.63, 3.8) is 0 Å². The molecule has 1 N–H and O–H groups in total. The third-order valence-electron chi connectivity index (χ3n) is 4.72. The fraction of sp³-hybridized carbons (Fsp3) is 0.429. The largest absolute Gasteiger partial charge is 0.457 e. The van der Waals surface area contributed by atoms with E-state index in [0.29, 0.717) is 18.0 Å². The molecule has 3 rings (SSSR count). The van der Waals surface area contributed by atoms with Crippen LogP contribution in [0, 0.1) is 0 Å². The van der Waals surface area contributed by atoms with Crippen LogP contribution in [0.5, 0.6) is 11.5 Å². The van der Waals surface area contributed by atoms with Gasteiger partial charge in [0.05, 0.1) is 18.8 Å². The van der Waals surface area contributed by atoms with Gasteiger partial charge in [0, 0.05) is 31.7 Å². The van der Waals surface area contributed by atoms with E-state index in [1.807, 2.05) is 19.2 Å². The second-order valence-electron chi connectivity index (χ2n) is 6.80. The summed E-state index contributed by atoms with van der Waals surface area (Å²) in [5.41, 5.74) is 1.49. The molecule has 0 spiro atoms. The molecule has 1 saturated heterocycles. The Morgan fingerprint density at radius 1 is 1.07 bits per heavy atom. The first kappa shape index (κ1) is 20.6. The van der Waals surface area contributed by atoms with E-state index in [1.165, 1.54) is 17.7 Å². The van der Waals surface area contributed by atoms with Crippen molar-refractivity contribution in [1.29, 1.82) is 0 Å². The van der Waals surface area contributed by atoms with Gasteiger partial charge < -0.3 is 14.8 Å². The van der Waals surface area contributed by atoms with E-state index in [-0.39, 0.29) is 0 Å². The van der Waals surface area contributed by atoms with Crippen molar-refractivity contribution in [2.45, 2.75) is 19.1 Å². The summed E-state index contributed by atoms with van der Waals surface area (Å²) in [5.74, 6) is 1.02. The standard InChI is InChI=1S/C21H25F3N2O2/c1-25-15-17-14-16(8-9-26-10-12-27-13-11-26)2-7-20(17)28-19-5-3-18(4-6-19)21(22,23)24/h2-7,14,25H,8-13,15H2,1H3. The zero-order valence-corrected chi connectivity index (χ0v) is 15.9. The zero-order valence-electron chi connectivity index (χ0n) is 15.9. The Hall–Kier alpha value is -2.09. The molecule has 1 fully saturated rings. The van der Waals surface area contributed by atoms with Crippen LogP contribution in [0.4, 0.5) is 13.2 Å². The van der Waals surface area contributed by atoms with Crippen molar-refractivity contribution < 1.29 is 22.6 Å². The van der Waals surface area contributed by atoms with Crippen LogP contribution in [-0.4, -0.2) is 44.8 Å². The van der Waals surface area contributed by atoms with Crippen molar-refractivity contribution >= 4 is 0 Å². The number of benzene rings is 2. The number of alkyl halides is 3. The first-order valence-electron chi connectivity index (χ1n) is 9.37. The van der Waals surface area contributed by atoms with Crippen LogP contribution in [0.25, 0.3) is 0 Å².